The van der Waals surface area contributed by atoms with E-state index in [2.05, 4.69) is 18.0 Å². The van der Waals surface area contributed by atoms with Crippen molar-refractivity contribution in [3.8, 4) is 17.2 Å². The number of aromatic nitrogens is 1. The topological polar surface area (TPSA) is 92.8 Å². The van der Waals surface area contributed by atoms with E-state index in [1.165, 1.54) is 5.57 Å². The second kappa shape index (κ2) is 9.00. The summed E-state index contributed by atoms with van der Waals surface area (Å²) in [5.74, 6) is 2.65. The van der Waals surface area contributed by atoms with Gasteiger partial charge in [-0.2, -0.15) is 0 Å². The van der Waals surface area contributed by atoms with Crippen molar-refractivity contribution in [1.82, 2.24) is 4.98 Å². The van der Waals surface area contributed by atoms with E-state index in [1.807, 2.05) is 13.0 Å². The molecule has 1 aromatic carbocycles. The van der Waals surface area contributed by atoms with Crippen LogP contribution in [-0.4, -0.2) is 27.8 Å². The number of benzene rings is 1. The molecule has 0 aliphatic heterocycles. The van der Waals surface area contributed by atoms with Crippen molar-refractivity contribution in [3.05, 3.63) is 59.2 Å². The molecule has 31 heavy (non-hydrogen) atoms. The molecule has 1 saturated carbocycles. The molecular weight excluding hydrogens is 394 g/mol. The lowest BCUT2D eigenvalue weighted by molar-refractivity contribution is -0.137. The number of phenolic OH excluding ortho intramolecular Hbond substituents is 1. The summed E-state index contributed by atoms with van der Waals surface area (Å²) in [7, 11) is 0. The summed E-state index contributed by atoms with van der Waals surface area (Å²) in [5.41, 5.74) is 3.00. The fourth-order valence-corrected chi connectivity index (χ4v) is 4.80. The Kier molecular flexibility index (Phi) is 6.16. The molecule has 0 amide bonds. The monoisotopic (exact) mass is 423 g/mol. The highest BCUT2D eigenvalue weighted by Crippen LogP contribution is 2.46. The number of carboxylic acids is 1. The van der Waals surface area contributed by atoms with Crippen LogP contribution in [0.4, 0.5) is 0 Å². The third kappa shape index (κ3) is 4.53. The van der Waals surface area contributed by atoms with Crippen molar-refractivity contribution in [2.24, 2.45) is 17.8 Å². The summed E-state index contributed by atoms with van der Waals surface area (Å²) >= 11 is 0. The molecule has 0 saturated heterocycles. The molecular formula is C25H29NO5. The van der Waals surface area contributed by atoms with Crippen LogP contribution in [0.3, 0.4) is 0 Å². The maximum Gasteiger partial charge on any atom is 0.303 e. The van der Waals surface area contributed by atoms with Gasteiger partial charge in [0.1, 0.15) is 11.5 Å². The van der Waals surface area contributed by atoms with E-state index >= 15 is 0 Å². The second-order valence-corrected chi connectivity index (χ2v) is 8.39. The molecule has 0 radical (unpaired) electrons. The average Bonchev–Trinajstić information content (AvgIpc) is 3.34. The van der Waals surface area contributed by atoms with E-state index < -0.39 is 5.97 Å². The van der Waals surface area contributed by atoms with E-state index in [-0.39, 0.29) is 24.0 Å². The number of nitrogens with zero attached hydrogens (tertiary/aromatic N) is 1. The molecule has 2 N–H and O–H groups in total. The number of aliphatic carboxylic acids is 1. The van der Waals surface area contributed by atoms with E-state index in [4.69, 9.17) is 14.3 Å². The number of oxazole rings is 1. The molecule has 6 nitrogen and oxygen atoms in total. The fraction of sp³-hybridized carbons (Fsp3) is 0.440. The van der Waals surface area contributed by atoms with Crippen LogP contribution in [0.2, 0.25) is 0 Å². The number of aromatic hydroxyl groups is 1. The van der Waals surface area contributed by atoms with Gasteiger partial charge in [-0.3, -0.25) is 4.79 Å². The number of hydrogen-bond acceptors (Lipinski definition) is 5. The Morgan fingerprint density at radius 2 is 2.00 bits per heavy atom. The van der Waals surface area contributed by atoms with Crippen LogP contribution >= 0.6 is 0 Å². The highest BCUT2D eigenvalue weighted by atomic mass is 16.5. The lowest BCUT2D eigenvalue weighted by Crippen LogP contribution is -2.20. The Morgan fingerprint density at radius 3 is 2.71 bits per heavy atom. The molecule has 2 aliphatic carbocycles. The minimum atomic E-state index is -0.726. The summed E-state index contributed by atoms with van der Waals surface area (Å²) in [6.07, 6.45) is 7.67. The van der Waals surface area contributed by atoms with Crippen LogP contribution in [0.15, 0.2) is 52.2 Å². The quantitative estimate of drug-likeness (QED) is 0.611. The SMILES string of the molecule is CCc1oc(-c2ccc(O)cc2)nc1CCOC1=CC=C2C(CC(=O)O)CCC2C1C. The Hall–Kier alpha value is -3.02. The average molecular weight is 424 g/mol. The van der Waals surface area contributed by atoms with Crippen molar-refractivity contribution in [1.29, 1.82) is 0 Å². The van der Waals surface area contributed by atoms with Gasteiger partial charge in [0, 0.05) is 24.3 Å². The van der Waals surface area contributed by atoms with Gasteiger partial charge < -0.3 is 19.4 Å². The zero-order chi connectivity index (χ0) is 22.0. The number of phenols is 1. The van der Waals surface area contributed by atoms with E-state index in [9.17, 15) is 9.90 Å². The molecule has 1 aromatic heterocycles. The van der Waals surface area contributed by atoms with Crippen LogP contribution in [0.5, 0.6) is 5.75 Å². The van der Waals surface area contributed by atoms with Gasteiger partial charge in [0.2, 0.25) is 5.89 Å². The van der Waals surface area contributed by atoms with Gasteiger partial charge in [-0.15, -0.1) is 0 Å². The Morgan fingerprint density at radius 1 is 1.23 bits per heavy atom. The smallest absolute Gasteiger partial charge is 0.303 e. The molecule has 2 aromatic rings. The number of rotatable bonds is 8. The van der Waals surface area contributed by atoms with Gasteiger partial charge in [-0.1, -0.05) is 25.5 Å². The molecule has 164 valence electrons. The molecule has 0 spiro atoms. The van der Waals surface area contributed by atoms with Crippen molar-refractivity contribution >= 4 is 5.97 Å². The zero-order valence-electron chi connectivity index (χ0n) is 18.0. The number of carboxylic acid groups (broad SMARTS) is 1. The van der Waals surface area contributed by atoms with Gasteiger partial charge in [0.25, 0.3) is 0 Å². The molecule has 3 atom stereocenters. The maximum atomic E-state index is 11.1. The van der Waals surface area contributed by atoms with Crippen molar-refractivity contribution in [2.75, 3.05) is 6.61 Å². The fourth-order valence-electron chi connectivity index (χ4n) is 4.80. The lowest BCUT2D eigenvalue weighted by atomic mass is 9.81. The summed E-state index contributed by atoms with van der Waals surface area (Å²) in [6, 6.07) is 6.82. The van der Waals surface area contributed by atoms with Crippen LogP contribution in [0.1, 0.15) is 44.6 Å². The van der Waals surface area contributed by atoms with Gasteiger partial charge >= 0.3 is 5.97 Å². The first-order chi connectivity index (χ1) is 15.0. The Labute approximate surface area is 182 Å². The summed E-state index contributed by atoms with van der Waals surface area (Å²) < 4.78 is 12.1. The number of hydrogen-bond donors (Lipinski definition) is 2. The highest BCUT2D eigenvalue weighted by molar-refractivity contribution is 5.67. The first-order valence-electron chi connectivity index (χ1n) is 11.0. The molecule has 6 heteroatoms. The highest BCUT2D eigenvalue weighted by Gasteiger charge is 2.38. The van der Waals surface area contributed by atoms with E-state index in [0.29, 0.717) is 24.8 Å². The maximum absolute atomic E-state index is 11.1. The van der Waals surface area contributed by atoms with E-state index in [1.54, 1.807) is 24.3 Å². The third-order valence-electron chi connectivity index (χ3n) is 6.46. The third-order valence-corrected chi connectivity index (χ3v) is 6.46. The molecule has 0 bridgehead atoms. The lowest BCUT2D eigenvalue weighted by Gasteiger charge is -2.28. The Bertz CT molecular complexity index is 1000. The molecule has 1 fully saturated rings. The number of ether oxygens (including phenoxy) is 1. The number of carbonyl (C=O) groups is 1. The normalized spacial score (nSPS) is 22.6. The van der Waals surface area contributed by atoms with Crippen LogP contribution in [0, 0.1) is 17.8 Å². The largest absolute Gasteiger partial charge is 0.508 e. The Balaban J connectivity index is 1.40. The van der Waals surface area contributed by atoms with Crippen molar-refractivity contribution in [3.63, 3.8) is 0 Å². The van der Waals surface area contributed by atoms with Gasteiger partial charge in [-0.05, 0) is 55.0 Å². The second-order valence-electron chi connectivity index (χ2n) is 8.39. The van der Waals surface area contributed by atoms with Crippen LogP contribution in [0.25, 0.3) is 11.5 Å². The minimum Gasteiger partial charge on any atom is -0.508 e. The predicted molar refractivity (Wildman–Crippen MR) is 116 cm³/mol. The molecule has 4 rings (SSSR count). The standard InChI is InChI=1S/C25H29NO5/c1-3-22-21(26-25(31-22)16-4-7-18(27)8-5-16)12-13-30-23-11-10-20-17(14-24(28)29)6-9-19(20)15(23)2/h4-5,7-8,10-11,15,17,19,27H,3,6,9,12-14H2,1-2H3,(H,28,29). The predicted octanol–water partition coefficient (Wildman–Crippen LogP) is 5.13. The van der Waals surface area contributed by atoms with E-state index in [0.717, 1.165) is 42.0 Å². The zero-order valence-corrected chi connectivity index (χ0v) is 18.0. The summed E-state index contributed by atoms with van der Waals surface area (Å²) in [4.78, 5) is 15.8. The summed E-state index contributed by atoms with van der Waals surface area (Å²) in [6.45, 7) is 4.72. The van der Waals surface area contributed by atoms with Crippen molar-refractivity contribution in [2.45, 2.75) is 46.0 Å². The molecule has 1 heterocycles. The van der Waals surface area contributed by atoms with Crippen molar-refractivity contribution < 1.29 is 24.2 Å². The summed E-state index contributed by atoms with van der Waals surface area (Å²) in [5, 5.41) is 18.6. The van der Waals surface area contributed by atoms with Gasteiger partial charge in [0.15, 0.2) is 0 Å². The first-order valence-corrected chi connectivity index (χ1v) is 11.0. The number of aryl methyl sites for hydroxylation is 1. The molecule has 2 aliphatic rings. The van der Waals surface area contributed by atoms with Gasteiger partial charge in [-0.25, -0.2) is 4.98 Å². The van der Waals surface area contributed by atoms with Crippen LogP contribution < -0.4 is 0 Å². The minimum absolute atomic E-state index is 0.156. The first kappa shape index (κ1) is 21.2. The molecule has 3 unspecified atom stereocenters. The van der Waals surface area contributed by atoms with Gasteiger partial charge in [0.05, 0.1) is 24.5 Å². The number of allylic oxidation sites excluding steroid dienone is 4. The van der Waals surface area contributed by atoms with Crippen LogP contribution in [-0.2, 0) is 22.4 Å². The number of fused-ring (bicyclic) bond motifs is 1.